The Morgan fingerprint density at radius 2 is 1.93 bits per heavy atom. The summed E-state index contributed by atoms with van der Waals surface area (Å²) >= 11 is 1.28. The van der Waals surface area contributed by atoms with E-state index in [0.29, 0.717) is 17.7 Å². The molecule has 0 bridgehead atoms. The van der Waals surface area contributed by atoms with Gasteiger partial charge in [-0.3, -0.25) is 15.3 Å². The average molecular weight is 400 g/mol. The van der Waals surface area contributed by atoms with Gasteiger partial charge in [0.15, 0.2) is 5.66 Å². The summed E-state index contributed by atoms with van der Waals surface area (Å²) in [5.74, 6) is -1.83. The lowest BCUT2D eigenvalue weighted by atomic mass is 10.0. The molecule has 1 aromatic heterocycles. The summed E-state index contributed by atoms with van der Waals surface area (Å²) in [6.07, 6.45) is 0.987. The summed E-state index contributed by atoms with van der Waals surface area (Å²) in [5.41, 5.74) is 5.02. The molecule has 1 amide bonds. The molecule has 0 unspecified atom stereocenters. The standard InChI is InChI=1S/C18H28N2O6S/c1-4-25-14(22)8-9-18(19,17(24)26-5-2)20-16(23)15-12(3)11-13(27-15)7-6-10-21/h11,21H,4-10,19H2,1-3H3,(H,20,23)/t18-/m1/s1. The van der Waals surface area contributed by atoms with Gasteiger partial charge in [-0.2, -0.15) is 0 Å². The summed E-state index contributed by atoms with van der Waals surface area (Å²) in [6.45, 7) is 5.47. The Morgan fingerprint density at radius 1 is 1.26 bits per heavy atom. The summed E-state index contributed by atoms with van der Waals surface area (Å²) in [4.78, 5) is 38.0. The van der Waals surface area contributed by atoms with Crippen molar-refractivity contribution in [3.63, 3.8) is 0 Å². The van der Waals surface area contributed by atoms with E-state index in [0.717, 1.165) is 10.4 Å². The number of nitrogens with one attached hydrogen (secondary N) is 1. The first-order valence-corrected chi connectivity index (χ1v) is 9.73. The number of carbonyl (C=O) groups excluding carboxylic acids is 3. The second kappa shape index (κ2) is 11.0. The van der Waals surface area contributed by atoms with Crippen LogP contribution in [0.25, 0.3) is 0 Å². The molecule has 0 aliphatic rings. The van der Waals surface area contributed by atoms with E-state index in [4.69, 9.17) is 20.3 Å². The molecule has 27 heavy (non-hydrogen) atoms. The van der Waals surface area contributed by atoms with Crippen LogP contribution in [0.4, 0.5) is 0 Å². The van der Waals surface area contributed by atoms with E-state index in [1.807, 2.05) is 6.07 Å². The van der Waals surface area contributed by atoms with Crippen LogP contribution in [0.1, 0.15) is 53.2 Å². The van der Waals surface area contributed by atoms with Crippen molar-refractivity contribution in [1.29, 1.82) is 0 Å². The Hall–Kier alpha value is -1.97. The third-order valence-corrected chi connectivity index (χ3v) is 5.06. The topological polar surface area (TPSA) is 128 Å². The summed E-state index contributed by atoms with van der Waals surface area (Å²) in [5, 5.41) is 11.5. The Balaban J connectivity index is 2.93. The highest BCUT2D eigenvalue weighted by atomic mass is 32.1. The van der Waals surface area contributed by atoms with Crippen LogP contribution in [-0.4, -0.2) is 48.4 Å². The van der Waals surface area contributed by atoms with Crippen molar-refractivity contribution in [2.24, 2.45) is 5.73 Å². The van der Waals surface area contributed by atoms with E-state index in [1.54, 1.807) is 20.8 Å². The van der Waals surface area contributed by atoms with Crippen LogP contribution in [-0.2, 0) is 25.5 Å². The van der Waals surface area contributed by atoms with Gasteiger partial charge < -0.3 is 19.9 Å². The first kappa shape index (κ1) is 23.1. The van der Waals surface area contributed by atoms with Gasteiger partial charge in [0, 0.05) is 24.3 Å². The molecule has 1 aromatic rings. The number of rotatable bonds is 11. The minimum Gasteiger partial charge on any atom is -0.466 e. The predicted octanol–water partition coefficient (Wildman–Crippen LogP) is 1.27. The molecule has 152 valence electrons. The highest BCUT2D eigenvalue weighted by molar-refractivity contribution is 7.14. The number of esters is 2. The molecule has 4 N–H and O–H groups in total. The largest absolute Gasteiger partial charge is 0.466 e. The Kier molecular flexibility index (Phi) is 9.40. The average Bonchev–Trinajstić information content (AvgIpc) is 2.99. The van der Waals surface area contributed by atoms with Crippen LogP contribution in [0.15, 0.2) is 6.07 Å². The van der Waals surface area contributed by atoms with Crippen molar-refractivity contribution in [3.05, 3.63) is 21.4 Å². The van der Waals surface area contributed by atoms with E-state index in [-0.39, 0.29) is 32.7 Å². The number of hydrogen-bond acceptors (Lipinski definition) is 8. The molecule has 1 atom stereocenters. The number of amides is 1. The normalized spacial score (nSPS) is 12.9. The number of carbonyl (C=O) groups is 3. The van der Waals surface area contributed by atoms with Gasteiger partial charge in [0.2, 0.25) is 0 Å². The highest BCUT2D eigenvalue weighted by Crippen LogP contribution is 2.24. The first-order chi connectivity index (χ1) is 12.8. The molecule has 0 aromatic carbocycles. The molecule has 0 fully saturated rings. The number of ether oxygens (including phenoxy) is 2. The Morgan fingerprint density at radius 3 is 2.52 bits per heavy atom. The molecular weight excluding hydrogens is 372 g/mol. The minimum absolute atomic E-state index is 0.0705. The van der Waals surface area contributed by atoms with Crippen molar-refractivity contribution in [3.8, 4) is 0 Å². The van der Waals surface area contributed by atoms with Gasteiger partial charge in [0.1, 0.15) is 0 Å². The smallest absolute Gasteiger partial charge is 0.346 e. The van der Waals surface area contributed by atoms with Crippen LogP contribution >= 0.6 is 11.3 Å². The quantitative estimate of drug-likeness (QED) is 0.377. The lowest BCUT2D eigenvalue weighted by Crippen LogP contribution is -2.62. The molecule has 8 nitrogen and oxygen atoms in total. The SMILES string of the molecule is CCOC(=O)CC[C@@](N)(NC(=O)c1sc(CCCO)cc1C)C(=O)OCC. The van der Waals surface area contributed by atoms with Gasteiger partial charge >= 0.3 is 11.9 Å². The molecule has 0 radical (unpaired) electrons. The molecule has 0 saturated carbocycles. The number of aryl methyl sites for hydroxylation is 2. The van der Waals surface area contributed by atoms with Crippen molar-refractivity contribution in [2.45, 2.75) is 52.1 Å². The molecule has 0 saturated heterocycles. The zero-order chi connectivity index (χ0) is 20.4. The van der Waals surface area contributed by atoms with E-state index >= 15 is 0 Å². The summed E-state index contributed by atoms with van der Waals surface area (Å²) < 4.78 is 9.82. The Labute approximate surface area is 163 Å². The molecule has 0 aliphatic heterocycles. The number of thiophene rings is 1. The van der Waals surface area contributed by atoms with Crippen LogP contribution < -0.4 is 11.1 Å². The van der Waals surface area contributed by atoms with E-state index in [2.05, 4.69) is 5.32 Å². The fraction of sp³-hybridized carbons (Fsp3) is 0.611. The van der Waals surface area contributed by atoms with Crippen molar-refractivity contribution in [1.82, 2.24) is 5.32 Å². The maximum atomic E-state index is 12.7. The molecule has 0 aliphatic carbocycles. The summed E-state index contributed by atoms with van der Waals surface area (Å²) in [7, 11) is 0. The molecule has 1 rings (SSSR count). The van der Waals surface area contributed by atoms with Gasteiger partial charge in [-0.05, 0) is 45.2 Å². The van der Waals surface area contributed by atoms with E-state index in [9.17, 15) is 14.4 Å². The Bertz CT molecular complexity index is 660. The second-order valence-electron chi connectivity index (χ2n) is 6.00. The number of aliphatic hydroxyl groups excluding tert-OH is 1. The van der Waals surface area contributed by atoms with E-state index < -0.39 is 23.5 Å². The lowest BCUT2D eigenvalue weighted by molar-refractivity contribution is -0.152. The van der Waals surface area contributed by atoms with Gasteiger partial charge in [0.25, 0.3) is 5.91 Å². The van der Waals surface area contributed by atoms with Crippen LogP contribution in [0.5, 0.6) is 0 Å². The molecular formula is C18H28N2O6S. The lowest BCUT2D eigenvalue weighted by Gasteiger charge is -2.27. The maximum Gasteiger partial charge on any atom is 0.346 e. The number of hydrogen-bond donors (Lipinski definition) is 3. The maximum absolute atomic E-state index is 12.7. The van der Waals surface area contributed by atoms with Gasteiger partial charge in [-0.15, -0.1) is 11.3 Å². The molecule has 1 heterocycles. The van der Waals surface area contributed by atoms with E-state index in [1.165, 1.54) is 11.3 Å². The van der Waals surface area contributed by atoms with Gasteiger partial charge in [0.05, 0.1) is 18.1 Å². The van der Waals surface area contributed by atoms with Crippen LogP contribution in [0, 0.1) is 6.92 Å². The third-order valence-electron chi connectivity index (χ3n) is 3.76. The monoisotopic (exact) mass is 400 g/mol. The van der Waals surface area contributed by atoms with Crippen molar-refractivity contribution in [2.75, 3.05) is 19.8 Å². The second-order valence-corrected chi connectivity index (χ2v) is 7.14. The van der Waals surface area contributed by atoms with Crippen LogP contribution in [0.2, 0.25) is 0 Å². The molecule has 0 spiro atoms. The van der Waals surface area contributed by atoms with Crippen molar-refractivity contribution < 1.29 is 29.0 Å². The summed E-state index contributed by atoms with van der Waals surface area (Å²) in [6, 6.07) is 1.87. The van der Waals surface area contributed by atoms with Crippen LogP contribution in [0.3, 0.4) is 0 Å². The highest BCUT2D eigenvalue weighted by Gasteiger charge is 2.38. The van der Waals surface area contributed by atoms with Gasteiger partial charge in [-0.1, -0.05) is 0 Å². The first-order valence-electron chi connectivity index (χ1n) is 8.91. The molecule has 9 heteroatoms. The zero-order valence-corrected chi connectivity index (χ0v) is 16.8. The zero-order valence-electron chi connectivity index (χ0n) is 16.0. The predicted molar refractivity (Wildman–Crippen MR) is 101 cm³/mol. The number of aliphatic hydroxyl groups is 1. The number of nitrogens with two attached hydrogens (primary N) is 1. The minimum atomic E-state index is -1.83. The third kappa shape index (κ3) is 6.93. The fourth-order valence-electron chi connectivity index (χ4n) is 2.42. The van der Waals surface area contributed by atoms with Crippen molar-refractivity contribution >= 4 is 29.2 Å². The van der Waals surface area contributed by atoms with Gasteiger partial charge in [-0.25, -0.2) is 4.79 Å². The fourth-order valence-corrected chi connectivity index (χ4v) is 3.53.